The molecular formula is C29H46BrN3O4S. The van der Waals surface area contributed by atoms with Gasteiger partial charge in [0.05, 0.1) is 29.2 Å². The van der Waals surface area contributed by atoms with Crippen LogP contribution in [0.15, 0.2) is 25.3 Å². The quantitative estimate of drug-likeness (QED) is 0.236. The van der Waals surface area contributed by atoms with Crippen LogP contribution in [0.25, 0.3) is 0 Å². The number of carbonyl (C=O) groups excluding carboxylic acids is 3. The van der Waals surface area contributed by atoms with E-state index in [0.717, 1.165) is 19.3 Å². The van der Waals surface area contributed by atoms with Crippen LogP contribution in [-0.4, -0.2) is 96.7 Å². The van der Waals surface area contributed by atoms with Crippen molar-refractivity contribution < 1.29 is 19.5 Å². The zero-order valence-electron chi connectivity index (χ0n) is 23.6. The summed E-state index contributed by atoms with van der Waals surface area (Å²) in [4.78, 5) is 48.4. The molecule has 38 heavy (non-hydrogen) atoms. The minimum Gasteiger partial charge on any atom is -0.394 e. The summed E-state index contributed by atoms with van der Waals surface area (Å²) in [6, 6.07) is -1.27. The van der Waals surface area contributed by atoms with Gasteiger partial charge in [0.2, 0.25) is 17.7 Å². The van der Waals surface area contributed by atoms with Crippen LogP contribution in [0.1, 0.15) is 60.3 Å². The van der Waals surface area contributed by atoms with Crippen LogP contribution >= 0.6 is 27.7 Å². The molecule has 3 amide bonds. The predicted molar refractivity (Wildman–Crippen MR) is 158 cm³/mol. The topological polar surface area (TPSA) is 81.2 Å². The number of alkyl halides is 1. The maximum atomic E-state index is 14.6. The molecule has 3 saturated heterocycles. The van der Waals surface area contributed by atoms with Crippen LogP contribution in [0.5, 0.6) is 0 Å². The Morgan fingerprint density at radius 2 is 1.84 bits per heavy atom. The third-order valence-electron chi connectivity index (χ3n) is 8.56. The molecule has 0 aromatic carbocycles. The Labute approximate surface area is 241 Å². The SMILES string of the molecule is C=CCN(CCC)C(=O)[C@H]1[C@H]2C(=O)N([C@@H](CO)C(C)C)C(C(=O)N(CC=C)C(C)CCC)C23CC(Br)[C@@H]1S3. The molecule has 3 aliphatic heterocycles. The molecule has 3 fully saturated rings. The fraction of sp³-hybridized carbons (Fsp3) is 0.759. The minimum absolute atomic E-state index is 0.0144. The number of likely N-dealkylation sites (tertiary alicyclic amines) is 1. The smallest absolute Gasteiger partial charge is 0.247 e. The van der Waals surface area contributed by atoms with Gasteiger partial charge < -0.3 is 19.8 Å². The van der Waals surface area contributed by atoms with E-state index in [1.165, 1.54) is 0 Å². The Kier molecular flexibility index (Phi) is 10.6. The lowest BCUT2D eigenvalue weighted by Crippen LogP contribution is -2.60. The summed E-state index contributed by atoms with van der Waals surface area (Å²) in [5, 5.41) is 10.4. The van der Waals surface area contributed by atoms with E-state index in [1.807, 2.05) is 32.6 Å². The third kappa shape index (κ3) is 5.24. The van der Waals surface area contributed by atoms with E-state index >= 15 is 0 Å². The Balaban J connectivity index is 2.15. The number of aliphatic hydroxyl groups excluding tert-OH is 1. The van der Waals surface area contributed by atoms with Gasteiger partial charge in [-0.15, -0.1) is 24.9 Å². The largest absolute Gasteiger partial charge is 0.394 e. The van der Waals surface area contributed by atoms with E-state index in [-0.39, 0.29) is 46.4 Å². The number of nitrogens with zero attached hydrogens (tertiary/aromatic N) is 3. The Bertz CT molecular complexity index is 916. The van der Waals surface area contributed by atoms with Crippen LogP contribution in [0.3, 0.4) is 0 Å². The molecule has 3 heterocycles. The number of thioether (sulfide) groups is 1. The van der Waals surface area contributed by atoms with Gasteiger partial charge in [0.15, 0.2) is 0 Å². The van der Waals surface area contributed by atoms with Gasteiger partial charge in [-0.05, 0) is 32.1 Å². The summed E-state index contributed by atoms with van der Waals surface area (Å²) < 4.78 is -0.729. The van der Waals surface area contributed by atoms with Crippen molar-refractivity contribution >= 4 is 45.4 Å². The molecular weight excluding hydrogens is 566 g/mol. The standard InChI is InChI=1S/C29H46BrN3O4S/c1-8-12-19(7)32(15-11-4)28(37)25-29-16-20(30)24(38-29)22(26(35)31(13-9-2)14-10-3)23(29)27(36)33(25)21(17-34)18(5)6/h9,11,18-25,34H,2,4,8,10,12-17H2,1,3,5-7H3/t19?,20?,21-,22-,23-,24-,25?,29?/m0/s1. The lowest BCUT2D eigenvalue weighted by molar-refractivity contribution is -0.148. The highest BCUT2D eigenvalue weighted by molar-refractivity contribution is 9.09. The molecule has 214 valence electrons. The van der Waals surface area contributed by atoms with E-state index < -0.39 is 28.7 Å². The van der Waals surface area contributed by atoms with Gasteiger partial charge in [-0.25, -0.2) is 0 Å². The van der Waals surface area contributed by atoms with Gasteiger partial charge >= 0.3 is 0 Å². The van der Waals surface area contributed by atoms with Crippen LogP contribution in [0, 0.1) is 17.8 Å². The first-order valence-corrected chi connectivity index (χ1v) is 15.9. The van der Waals surface area contributed by atoms with Crippen molar-refractivity contribution in [3.05, 3.63) is 25.3 Å². The van der Waals surface area contributed by atoms with E-state index in [0.29, 0.717) is 26.1 Å². The minimum atomic E-state index is -0.745. The summed E-state index contributed by atoms with van der Waals surface area (Å²) in [7, 11) is 0. The molecule has 0 radical (unpaired) electrons. The van der Waals surface area contributed by atoms with Crippen molar-refractivity contribution in [2.75, 3.05) is 26.2 Å². The lowest BCUT2D eigenvalue weighted by atomic mass is 9.70. The van der Waals surface area contributed by atoms with Crippen molar-refractivity contribution in [3.63, 3.8) is 0 Å². The molecule has 9 heteroatoms. The maximum absolute atomic E-state index is 14.6. The molecule has 0 aromatic rings. The Hall–Kier alpha value is -1.32. The fourth-order valence-corrected chi connectivity index (χ4v) is 10.5. The van der Waals surface area contributed by atoms with Gasteiger partial charge in [-0.2, -0.15) is 0 Å². The van der Waals surface area contributed by atoms with Crippen LogP contribution in [-0.2, 0) is 14.4 Å². The third-order valence-corrected chi connectivity index (χ3v) is 11.8. The van der Waals surface area contributed by atoms with Crippen molar-refractivity contribution in [2.24, 2.45) is 17.8 Å². The van der Waals surface area contributed by atoms with Gasteiger partial charge in [0.25, 0.3) is 0 Å². The van der Waals surface area contributed by atoms with Gasteiger partial charge in [0, 0.05) is 35.8 Å². The second-order valence-corrected chi connectivity index (χ2v) is 14.1. The molecule has 4 unspecified atom stereocenters. The normalized spacial score (nSPS) is 31.3. The average molecular weight is 613 g/mol. The van der Waals surface area contributed by atoms with Gasteiger partial charge in [-0.3, -0.25) is 14.4 Å². The van der Waals surface area contributed by atoms with Crippen LogP contribution in [0.2, 0.25) is 0 Å². The van der Waals surface area contributed by atoms with Crippen LogP contribution in [0.4, 0.5) is 0 Å². The molecule has 0 saturated carbocycles. The van der Waals surface area contributed by atoms with Crippen molar-refractivity contribution in [3.8, 4) is 0 Å². The van der Waals surface area contributed by atoms with E-state index in [9.17, 15) is 19.5 Å². The Morgan fingerprint density at radius 3 is 2.37 bits per heavy atom. The second kappa shape index (κ2) is 12.9. The first-order valence-electron chi connectivity index (χ1n) is 14.1. The summed E-state index contributed by atoms with van der Waals surface area (Å²) in [6.07, 6.45) is 6.68. The number of hydrogen-bond acceptors (Lipinski definition) is 5. The number of amides is 3. The summed E-state index contributed by atoms with van der Waals surface area (Å²) >= 11 is 5.51. The average Bonchev–Trinajstić information content (AvgIpc) is 3.45. The second-order valence-electron chi connectivity index (χ2n) is 11.4. The predicted octanol–water partition coefficient (Wildman–Crippen LogP) is 4.10. The summed E-state index contributed by atoms with van der Waals surface area (Å²) in [5.41, 5.74) is 0. The number of fused-ring (bicyclic) bond motifs is 1. The molecule has 1 spiro atoms. The first kappa shape index (κ1) is 31.2. The number of halogens is 1. The van der Waals surface area contributed by atoms with E-state index in [2.05, 4.69) is 36.0 Å². The number of carbonyl (C=O) groups is 3. The van der Waals surface area contributed by atoms with Crippen LogP contribution < -0.4 is 0 Å². The van der Waals surface area contributed by atoms with Crippen molar-refractivity contribution in [2.45, 2.75) is 93.3 Å². The van der Waals surface area contributed by atoms with E-state index in [4.69, 9.17) is 0 Å². The molecule has 7 nitrogen and oxygen atoms in total. The lowest BCUT2D eigenvalue weighted by Gasteiger charge is -2.42. The molecule has 8 atom stereocenters. The van der Waals surface area contributed by atoms with Crippen molar-refractivity contribution in [1.82, 2.24) is 14.7 Å². The van der Waals surface area contributed by atoms with Gasteiger partial charge in [0.1, 0.15) is 6.04 Å². The molecule has 3 aliphatic rings. The molecule has 0 aromatic heterocycles. The highest BCUT2D eigenvalue weighted by Crippen LogP contribution is 2.68. The highest BCUT2D eigenvalue weighted by atomic mass is 79.9. The molecule has 2 bridgehead atoms. The maximum Gasteiger partial charge on any atom is 0.247 e. The number of aliphatic hydroxyl groups is 1. The number of hydrogen-bond donors (Lipinski definition) is 1. The zero-order chi connectivity index (χ0) is 28.4. The summed E-state index contributed by atoms with van der Waals surface area (Å²) in [6.45, 7) is 19.0. The Morgan fingerprint density at radius 1 is 1.18 bits per heavy atom. The zero-order valence-corrected chi connectivity index (χ0v) is 26.0. The first-order chi connectivity index (χ1) is 18.1. The van der Waals surface area contributed by atoms with Crippen molar-refractivity contribution in [1.29, 1.82) is 0 Å². The molecule has 0 aliphatic carbocycles. The van der Waals surface area contributed by atoms with E-state index in [1.54, 1.807) is 33.7 Å². The van der Waals surface area contributed by atoms with Gasteiger partial charge in [-0.1, -0.05) is 62.2 Å². The molecule has 3 rings (SSSR count). The highest BCUT2D eigenvalue weighted by Gasteiger charge is 2.76. The number of rotatable bonds is 14. The molecule has 1 N–H and O–H groups in total. The summed E-state index contributed by atoms with van der Waals surface area (Å²) in [5.74, 6) is -1.47. The fourth-order valence-electron chi connectivity index (χ4n) is 6.89. The monoisotopic (exact) mass is 611 g/mol.